The minimum atomic E-state index is -0.574. The first kappa shape index (κ1) is 19.0. The first-order chi connectivity index (χ1) is 12.3. The lowest BCUT2D eigenvalue weighted by molar-refractivity contribution is -0.385. The monoisotopic (exact) mass is 372 g/mol. The van der Waals surface area contributed by atoms with E-state index < -0.39 is 10.8 Å². The molecule has 0 aliphatic carbocycles. The topological polar surface area (TPSA) is 113 Å². The average Bonchev–Trinajstić information content (AvgIpc) is 2.60. The van der Waals surface area contributed by atoms with Gasteiger partial charge in [0.05, 0.1) is 4.92 Å². The average molecular weight is 372 g/mol. The van der Waals surface area contributed by atoms with Crippen LogP contribution in [0.2, 0.25) is 0 Å². The van der Waals surface area contributed by atoms with Gasteiger partial charge in [-0.3, -0.25) is 30.6 Å². The quantitative estimate of drug-likeness (QED) is 0.327. The molecule has 8 nitrogen and oxygen atoms in total. The highest BCUT2D eigenvalue weighted by atomic mass is 32.1. The van der Waals surface area contributed by atoms with E-state index >= 15 is 0 Å². The van der Waals surface area contributed by atoms with Gasteiger partial charge in [0.25, 0.3) is 11.6 Å². The van der Waals surface area contributed by atoms with Crippen LogP contribution in [0.15, 0.2) is 42.5 Å². The van der Waals surface area contributed by atoms with E-state index in [2.05, 4.69) is 16.2 Å². The number of rotatable bonds is 4. The third-order valence-corrected chi connectivity index (χ3v) is 3.69. The highest BCUT2D eigenvalue weighted by Crippen LogP contribution is 2.19. The van der Waals surface area contributed by atoms with Gasteiger partial charge in [-0.05, 0) is 44.3 Å². The smallest absolute Gasteiger partial charge is 0.273 e. The Bertz CT molecular complexity index is 898. The zero-order chi connectivity index (χ0) is 19.3. The van der Waals surface area contributed by atoms with E-state index in [1.165, 1.54) is 25.1 Å². The van der Waals surface area contributed by atoms with E-state index in [1.807, 2.05) is 0 Å². The zero-order valence-corrected chi connectivity index (χ0v) is 14.8. The van der Waals surface area contributed by atoms with Gasteiger partial charge in [0.2, 0.25) is 0 Å². The van der Waals surface area contributed by atoms with Gasteiger partial charge >= 0.3 is 0 Å². The largest absolute Gasteiger partial charge is 0.331 e. The number of carbonyl (C=O) groups is 2. The summed E-state index contributed by atoms with van der Waals surface area (Å²) in [5.41, 5.74) is 6.41. The second-order valence-corrected chi connectivity index (χ2v) is 5.84. The maximum absolute atomic E-state index is 12.1. The van der Waals surface area contributed by atoms with Crippen molar-refractivity contribution in [2.24, 2.45) is 0 Å². The number of benzene rings is 2. The molecule has 0 aliphatic rings. The van der Waals surface area contributed by atoms with Crippen molar-refractivity contribution in [3.05, 3.63) is 69.3 Å². The van der Waals surface area contributed by atoms with Crippen molar-refractivity contribution in [1.29, 1.82) is 0 Å². The van der Waals surface area contributed by atoms with E-state index in [4.69, 9.17) is 12.2 Å². The third kappa shape index (κ3) is 4.84. The summed E-state index contributed by atoms with van der Waals surface area (Å²) < 4.78 is 0. The molecule has 0 fully saturated rings. The van der Waals surface area contributed by atoms with Gasteiger partial charge in [0, 0.05) is 28.4 Å². The van der Waals surface area contributed by atoms with Gasteiger partial charge < -0.3 is 5.32 Å². The van der Waals surface area contributed by atoms with Crippen LogP contribution in [0.5, 0.6) is 0 Å². The lowest BCUT2D eigenvalue weighted by Crippen LogP contribution is -2.43. The summed E-state index contributed by atoms with van der Waals surface area (Å²) in [5, 5.41) is 13.9. The number of nitrogens with one attached hydrogen (secondary N) is 3. The minimum absolute atomic E-state index is 0.0817. The second kappa shape index (κ2) is 8.17. The normalized spacial score (nSPS) is 9.92. The number of carbonyl (C=O) groups excluding carboxylic acids is 2. The van der Waals surface area contributed by atoms with Crippen molar-refractivity contribution in [2.45, 2.75) is 13.8 Å². The SMILES string of the molecule is CC(=O)c1cccc(NC(=S)NNC(=O)c2ccc(C)c([N+](=O)[O-])c2)c1. The van der Waals surface area contributed by atoms with E-state index in [0.717, 1.165) is 0 Å². The number of amides is 1. The lowest BCUT2D eigenvalue weighted by atomic mass is 10.1. The maximum atomic E-state index is 12.1. The van der Waals surface area contributed by atoms with E-state index in [9.17, 15) is 19.7 Å². The summed E-state index contributed by atoms with van der Waals surface area (Å²) in [6.45, 7) is 3.04. The Hall–Kier alpha value is -3.33. The second-order valence-electron chi connectivity index (χ2n) is 5.43. The predicted molar refractivity (Wildman–Crippen MR) is 101 cm³/mol. The van der Waals surface area contributed by atoms with Crippen LogP contribution in [0.25, 0.3) is 0 Å². The van der Waals surface area contributed by atoms with Crippen LogP contribution in [0.3, 0.4) is 0 Å². The molecule has 0 aromatic heterocycles. The molecule has 1 amide bonds. The Labute approximate surface area is 154 Å². The molecule has 134 valence electrons. The summed E-state index contributed by atoms with van der Waals surface area (Å²) in [6, 6.07) is 10.9. The summed E-state index contributed by atoms with van der Waals surface area (Å²) >= 11 is 5.07. The van der Waals surface area contributed by atoms with Gasteiger partial charge in [-0.2, -0.15) is 0 Å². The fraction of sp³-hybridized carbons (Fsp3) is 0.118. The third-order valence-electron chi connectivity index (χ3n) is 3.48. The molecular formula is C17H16N4O4S. The lowest BCUT2D eigenvalue weighted by Gasteiger charge is -2.12. The summed E-state index contributed by atoms with van der Waals surface area (Å²) in [7, 11) is 0. The van der Waals surface area contributed by atoms with Crippen LogP contribution in [0.1, 0.15) is 33.2 Å². The molecule has 0 spiro atoms. The number of aryl methyl sites for hydroxylation is 1. The van der Waals surface area contributed by atoms with Gasteiger partial charge in [-0.25, -0.2) is 0 Å². The van der Waals surface area contributed by atoms with Gasteiger partial charge in [0.15, 0.2) is 10.9 Å². The molecule has 26 heavy (non-hydrogen) atoms. The number of hydrazine groups is 1. The Morgan fingerprint density at radius 3 is 2.46 bits per heavy atom. The molecule has 3 N–H and O–H groups in total. The fourth-order valence-corrected chi connectivity index (χ4v) is 2.28. The number of thiocarbonyl (C=S) groups is 1. The van der Waals surface area contributed by atoms with E-state index in [-0.39, 0.29) is 22.1 Å². The summed E-state index contributed by atoms with van der Waals surface area (Å²) in [6.07, 6.45) is 0. The number of nitro groups is 1. The minimum Gasteiger partial charge on any atom is -0.331 e. The molecule has 0 bridgehead atoms. The molecule has 0 saturated heterocycles. The van der Waals surface area contributed by atoms with Gasteiger partial charge in [-0.15, -0.1) is 0 Å². The first-order valence-electron chi connectivity index (χ1n) is 7.51. The van der Waals surface area contributed by atoms with Crippen LogP contribution >= 0.6 is 12.2 Å². The van der Waals surface area contributed by atoms with Crippen LogP contribution in [-0.4, -0.2) is 21.7 Å². The Kier molecular flexibility index (Phi) is 5.97. The van der Waals surface area contributed by atoms with Crippen molar-refractivity contribution in [3.8, 4) is 0 Å². The van der Waals surface area contributed by atoms with Crippen LogP contribution < -0.4 is 16.2 Å². The molecule has 2 aromatic carbocycles. The predicted octanol–water partition coefficient (Wildman–Crippen LogP) is 2.74. The summed E-state index contributed by atoms with van der Waals surface area (Å²) in [4.78, 5) is 33.9. The standard InChI is InChI=1S/C17H16N4O4S/c1-10-6-7-13(9-15(10)21(24)25)16(23)19-20-17(26)18-14-5-3-4-12(8-14)11(2)22/h3-9H,1-2H3,(H,19,23)(H2,18,20,26). The molecule has 0 radical (unpaired) electrons. The van der Waals surface area contributed by atoms with Crippen LogP contribution in [0, 0.1) is 17.0 Å². The number of Topliss-reactive ketones (excluding diaryl/α,β-unsaturated/α-hetero) is 1. The molecule has 2 aromatic rings. The highest BCUT2D eigenvalue weighted by Gasteiger charge is 2.15. The van der Waals surface area contributed by atoms with Crippen molar-refractivity contribution in [2.75, 3.05) is 5.32 Å². The summed E-state index contributed by atoms with van der Waals surface area (Å²) in [5.74, 6) is -0.656. The fourth-order valence-electron chi connectivity index (χ4n) is 2.11. The van der Waals surface area contributed by atoms with Crippen molar-refractivity contribution in [3.63, 3.8) is 0 Å². The van der Waals surface area contributed by atoms with Gasteiger partial charge in [0.1, 0.15) is 0 Å². The Morgan fingerprint density at radius 2 is 1.81 bits per heavy atom. The molecule has 0 heterocycles. The molecule has 0 aliphatic heterocycles. The molecular weight excluding hydrogens is 356 g/mol. The Morgan fingerprint density at radius 1 is 1.08 bits per heavy atom. The maximum Gasteiger partial charge on any atom is 0.273 e. The molecule has 0 unspecified atom stereocenters. The van der Waals surface area contributed by atoms with Crippen molar-refractivity contribution >= 4 is 40.4 Å². The van der Waals surface area contributed by atoms with E-state index in [1.54, 1.807) is 31.2 Å². The molecule has 0 saturated carbocycles. The van der Waals surface area contributed by atoms with E-state index in [0.29, 0.717) is 16.8 Å². The number of anilines is 1. The number of ketones is 1. The van der Waals surface area contributed by atoms with Crippen molar-refractivity contribution in [1.82, 2.24) is 10.9 Å². The number of nitrogens with zero attached hydrogens (tertiary/aromatic N) is 1. The highest BCUT2D eigenvalue weighted by molar-refractivity contribution is 7.80. The number of hydrogen-bond acceptors (Lipinski definition) is 5. The first-order valence-corrected chi connectivity index (χ1v) is 7.92. The van der Waals surface area contributed by atoms with Crippen molar-refractivity contribution < 1.29 is 14.5 Å². The van der Waals surface area contributed by atoms with Gasteiger partial charge in [-0.1, -0.05) is 18.2 Å². The molecule has 2 rings (SSSR count). The number of nitro benzene ring substituents is 1. The van der Waals surface area contributed by atoms with Crippen LogP contribution in [-0.2, 0) is 0 Å². The molecule has 0 atom stereocenters. The molecule has 9 heteroatoms. The zero-order valence-electron chi connectivity index (χ0n) is 14.0. The number of hydrogen-bond donors (Lipinski definition) is 3. The van der Waals surface area contributed by atoms with Crippen LogP contribution in [0.4, 0.5) is 11.4 Å². The Balaban J connectivity index is 1.98.